The maximum absolute atomic E-state index is 13.9. The highest BCUT2D eigenvalue weighted by molar-refractivity contribution is 5.88. The number of carbonyl (C=O) groups is 3. The van der Waals surface area contributed by atoms with Gasteiger partial charge in [0.25, 0.3) is 0 Å². The lowest BCUT2D eigenvalue weighted by atomic mass is 10.1. The monoisotopic (exact) mass is 388 g/mol. The zero-order valence-corrected chi connectivity index (χ0v) is 15.5. The number of rotatable bonds is 7. The second-order valence-electron chi connectivity index (χ2n) is 6.23. The van der Waals surface area contributed by atoms with E-state index in [1.807, 2.05) is 18.2 Å². The van der Waals surface area contributed by atoms with Crippen LogP contribution in [0.3, 0.4) is 0 Å². The predicted molar refractivity (Wildman–Crippen MR) is 99.1 cm³/mol. The first-order chi connectivity index (χ1) is 13.3. The molecule has 28 heavy (non-hydrogen) atoms. The maximum atomic E-state index is 13.9. The molecule has 0 heterocycles. The van der Waals surface area contributed by atoms with Gasteiger partial charge in [-0.3, -0.25) is 4.79 Å². The van der Waals surface area contributed by atoms with Gasteiger partial charge in [0.05, 0.1) is 5.56 Å². The average molecular weight is 388 g/mol. The number of benzene rings is 2. The molecule has 2 N–H and O–H groups in total. The number of carboxylic acids is 1. The lowest BCUT2D eigenvalue weighted by molar-refractivity contribution is -0.132. The molecule has 0 bridgehead atoms. The summed E-state index contributed by atoms with van der Waals surface area (Å²) in [4.78, 5) is 36.5. The molecule has 0 aliphatic carbocycles. The Morgan fingerprint density at radius 2 is 1.86 bits per heavy atom. The van der Waals surface area contributed by atoms with Gasteiger partial charge in [-0.2, -0.15) is 0 Å². The Morgan fingerprint density at radius 3 is 2.50 bits per heavy atom. The number of alkyl carbamates (subject to hydrolysis) is 1. The molecule has 0 radical (unpaired) electrons. The first-order valence-electron chi connectivity index (χ1n) is 8.52. The Labute approximate surface area is 161 Å². The second-order valence-corrected chi connectivity index (χ2v) is 6.23. The number of aromatic carboxylic acids is 1. The molecular formula is C20H21FN2O5. The van der Waals surface area contributed by atoms with E-state index in [2.05, 4.69) is 5.32 Å². The van der Waals surface area contributed by atoms with Crippen molar-refractivity contribution in [1.82, 2.24) is 10.2 Å². The van der Waals surface area contributed by atoms with Crippen LogP contribution in [0, 0.1) is 5.82 Å². The molecule has 0 unspecified atom stereocenters. The molecule has 0 fully saturated rings. The molecule has 0 saturated carbocycles. The number of carboxylic acid groups (broad SMARTS) is 1. The van der Waals surface area contributed by atoms with Crippen LogP contribution in [0.2, 0.25) is 0 Å². The number of ether oxygens (including phenoxy) is 1. The molecule has 1 atom stereocenters. The van der Waals surface area contributed by atoms with E-state index in [4.69, 9.17) is 9.84 Å². The number of amides is 2. The smallest absolute Gasteiger partial charge is 0.408 e. The topological polar surface area (TPSA) is 95.9 Å². The van der Waals surface area contributed by atoms with Gasteiger partial charge in [0.2, 0.25) is 5.91 Å². The van der Waals surface area contributed by atoms with Crippen molar-refractivity contribution in [2.45, 2.75) is 26.1 Å². The van der Waals surface area contributed by atoms with Gasteiger partial charge < -0.3 is 20.1 Å². The van der Waals surface area contributed by atoms with Gasteiger partial charge >= 0.3 is 12.1 Å². The Bertz CT molecular complexity index is 857. The molecule has 0 aliphatic heterocycles. The van der Waals surface area contributed by atoms with E-state index < -0.39 is 29.8 Å². The van der Waals surface area contributed by atoms with Crippen LogP contribution in [0.15, 0.2) is 48.5 Å². The third-order valence-electron chi connectivity index (χ3n) is 3.99. The first kappa shape index (κ1) is 20.9. The Morgan fingerprint density at radius 1 is 1.18 bits per heavy atom. The summed E-state index contributed by atoms with van der Waals surface area (Å²) in [6, 6.07) is 11.5. The summed E-state index contributed by atoms with van der Waals surface area (Å²) in [5, 5.41) is 11.4. The molecular weight excluding hydrogens is 367 g/mol. The predicted octanol–water partition coefficient (Wildman–Crippen LogP) is 2.80. The lowest BCUT2D eigenvalue weighted by Gasteiger charge is -2.22. The maximum Gasteiger partial charge on any atom is 0.408 e. The van der Waals surface area contributed by atoms with Gasteiger partial charge in [-0.1, -0.05) is 30.3 Å². The van der Waals surface area contributed by atoms with Crippen molar-refractivity contribution in [3.63, 3.8) is 0 Å². The molecule has 2 amide bonds. The minimum absolute atomic E-state index is 0.0644. The fraction of sp³-hybridized carbons (Fsp3) is 0.250. The summed E-state index contributed by atoms with van der Waals surface area (Å²) >= 11 is 0. The quantitative estimate of drug-likeness (QED) is 0.760. The van der Waals surface area contributed by atoms with E-state index in [9.17, 15) is 18.8 Å². The molecule has 8 heteroatoms. The molecule has 148 valence electrons. The largest absolute Gasteiger partial charge is 0.478 e. The van der Waals surface area contributed by atoms with Gasteiger partial charge in [0, 0.05) is 19.2 Å². The average Bonchev–Trinajstić information content (AvgIpc) is 2.68. The molecule has 2 rings (SSSR count). The van der Waals surface area contributed by atoms with Crippen LogP contribution in [-0.4, -0.2) is 41.1 Å². The molecule has 0 spiro atoms. The van der Waals surface area contributed by atoms with Gasteiger partial charge in [0.1, 0.15) is 18.5 Å². The number of hydrogen-bond donors (Lipinski definition) is 2. The van der Waals surface area contributed by atoms with Crippen molar-refractivity contribution in [3.8, 4) is 0 Å². The zero-order valence-electron chi connectivity index (χ0n) is 15.5. The number of nitrogens with one attached hydrogen (secondary N) is 1. The second kappa shape index (κ2) is 9.50. The van der Waals surface area contributed by atoms with Gasteiger partial charge in [-0.15, -0.1) is 0 Å². The highest BCUT2D eigenvalue weighted by Crippen LogP contribution is 2.13. The Hall–Kier alpha value is -3.42. The molecule has 2 aromatic rings. The van der Waals surface area contributed by atoms with Crippen LogP contribution in [0.1, 0.15) is 28.4 Å². The third-order valence-corrected chi connectivity index (χ3v) is 3.99. The highest BCUT2D eigenvalue weighted by atomic mass is 19.1. The summed E-state index contributed by atoms with van der Waals surface area (Å²) in [5.74, 6) is -2.28. The molecule has 0 aliphatic rings. The van der Waals surface area contributed by atoms with Crippen LogP contribution in [0.5, 0.6) is 0 Å². The normalized spacial score (nSPS) is 11.4. The minimum Gasteiger partial charge on any atom is -0.478 e. The van der Waals surface area contributed by atoms with E-state index in [1.54, 1.807) is 12.1 Å². The van der Waals surface area contributed by atoms with E-state index >= 15 is 0 Å². The van der Waals surface area contributed by atoms with E-state index in [0.717, 1.165) is 17.7 Å². The van der Waals surface area contributed by atoms with Crippen LogP contribution in [-0.2, 0) is 22.7 Å². The van der Waals surface area contributed by atoms with Crippen LogP contribution < -0.4 is 5.32 Å². The lowest BCUT2D eigenvalue weighted by Crippen LogP contribution is -2.45. The van der Waals surface area contributed by atoms with Crippen molar-refractivity contribution < 1.29 is 28.6 Å². The number of hydrogen-bond acceptors (Lipinski definition) is 4. The van der Waals surface area contributed by atoms with E-state index in [0.29, 0.717) is 0 Å². The van der Waals surface area contributed by atoms with Crippen molar-refractivity contribution in [2.24, 2.45) is 0 Å². The summed E-state index contributed by atoms with van der Waals surface area (Å²) in [6.45, 7) is 1.40. The molecule has 0 aromatic heterocycles. The number of carbonyl (C=O) groups excluding carboxylic acids is 2. The summed E-state index contributed by atoms with van der Waals surface area (Å²) < 4.78 is 19.0. The summed E-state index contributed by atoms with van der Waals surface area (Å²) in [5.41, 5.74) is 0.796. The fourth-order valence-corrected chi connectivity index (χ4v) is 2.50. The molecule has 0 saturated heterocycles. The van der Waals surface area contributed by atoms with E-state index in [1.165, 1.54) is 24.9 Å². The van der Waals surface area contributed by atoms with Crippen LogP contribution in [0.25, 0.3) is 0 Å². The molecule has 2 aromatic carbocycles. The summed E-state index contributed by atoms with van der Waals surface area (Å²) in [7, 11) is 1.43. The SMILES string of the molecule is C[C@H](NC(=O)OCc1ccccc1)C(=O)N(C)Cc1cc(C(=O)O)ccc1F. The van der Waals surface area contributed by atoms with Gasteiger partial charge in [-0.25, -0.2) is 14.0 Å². The minimum atomic E-state index is -1.19. The Kier molecular flexibility index (Phi) is 7.08. The number of likely N-dealkylation sites (N-methyl/N-ethyl adjacent to an activating group) is 1. The van der Waals surface area contributed by atoms with Crippen LogP contribution >= 0.6 is 0 Å². The van der Waals surface area contributed by atoms with Crippen molar-refractivity contribution in [1.29, 1.82) is 0 Å². The van der Waals surface area contributed by atoms with Gasteiger partial charge in [0.15, 0.2) is 0 Å². The van der Waals surface area contributed by atoms with E-state index in [-0.39, 0.29) is 24.3 Å². The van der Waals surface area contributed by atoms with Crippen molar-refractivity contribution in [3.05, 3.63) is 71.0 Å². The highest BCUT2D eigenvalue weighted by Gasteiger charge is 2.21. The fourth-order valence-electron chi connectivity index (χ4n) is 2.50. The first-order valence-corrected chi connectivity index (χ1v) is 8.52. The number of halogens is 1. The third kappa shape index (κ3) is 5.80. The van der Waals surface area contributed by atoms with Crippen molar-refractivity contribution >= 4 is 18.0 Å². The Balaban J connectivity index is 1.90. The number of nitrogens with zero attached hydrogens (tertiary/aromatic N) is 1. The van der Waals surface area contributed by atoms with Crippen molar-refractivity contribution in [2.75, 3.05) is 7.05 Å². The zero-order chi connectivity index (χ0) is 20.7. The molecule has 7 nitrogen and oxygen atoms in total. The van der Waals surface area contributed by atoms with Gasteiger partial charge in [-0.05, 0) is 30.7 Å². The van der Waals surface area contributed by atoms with Crippen LogP contribution in [0.4, 0.5) is 9.18 Å². The summed E-state index contributed by atoms with van der Waals surface area (Å²) in [6.07, 6.45) is -0.753. The standard InChI is InChI=1S/C20H21FN2O5/c1-13(22-20(27)28-12-14-6-4-3-5-7-14)18(24)23(2)11-16-10-15(19(25)26)8-9-17(16)21/h3-10,13H,11-12H2,1-2H3,(H,22,27)(H,25,26)/t13-/m0/s1.